The molecule has 0 amide bonds. The van der Waals surface area contributed by atoms with Crippen molar-refractivity contribution in [1.29, 1.82) is 0 Å². The number of hydrogen-bond donors (Lipinski definition) is 2. The predicted octanol–water partition coefficient (Wildman–Crippen LogP) is 3.28. The number of hydrazone groups is 1. The van der Waals surface area contributed by atoms with Crippen LogP contribution in [0.25, 0.3) is 22.1 Å². The van der Waals surface area contributed by atoms with E-state index in [2.05, 4.69) is 36.8 Å². The van der Waals surface area contributed by atoms with Gasteiger partial charge in [-0.3, -0.25) is 0 Å². The quantitative estimate of drug-likeness (QED) is 0.418. The van der Waals surface area contributed by atoms with E-state index in [0.717, 1.165) is 27.5 Å². The van der Waals surface area contributed by atoms with E-state index >= 15 is 0 Å². The number of aromatic nitrogens is 4. The molecule has 0 saturated heterocycles. The number of benzene rings is 2. The Hall–Kier alpha value is -3.68. The Bertz CT molecular complexity index is 1150. The zero-order valence-corrected chi connectivity index (χ0v) is 15.1. The van der Waals surface area contributed by atoms with E-state index < -0.39 is 0 Å². The molecule has 0 unspecified atom stereocenters. The minimum absolute atomic E-state index is 0.308. The highest BCUT2D eigenvalue weighted by atomic mass is 16.5. The molecule has 0 radical (unpaired) electrons. The third-order valence-corrected chi connectivity index (χ3v) is 4.16. The largest absolute Gasteiger partial charge is 0.493 e. The molecule has 0 bridgehead atoms. The summed E-state index contributed by atoms with van der Waals surface area (Å²) in [6, 6.07) is 11.6. The van der Waals surface area contributed by atoms with Crippen LogP contribution >= 0.6 is 0 Å². The van der Waals surface area contributed by atoms with Crippen molar-refractivity contribution in [2.24, 2.45) is 5.10 Å². The van der Waals surface area contributed by atoms with Crippen LogP contribution in [-0.4, -0.2) is 40.6 Å². The minimum atomic E-state index is 0.308. The molecule has 0 spiro atoms. The summed E-state index contributed by atoms with van der Waals surface area (Å²) in [4.78, 5) is 7.68. The summed E-state index contributed by atoms with van der Waals surface area (Å²) >= 11 is 0. The fourth-order valence-electron chi connectivity index (χ4n) is 2.83. The lowest BCUT2D eigenvalue weighted by Crippen LogP contribution is -1.99. The summed E-state index contributed by atoms with van der Waals surface area (Å²) in [5.41, 5.74) is 7.18. The normalized spacial score (nSPS) is 11.4. The van der Waals surface area contributed by atoms with Crippen molar-refractivity contribution in [1.82, 2.24) is 20.2 Å². The molecule has 2 aromatic carbocycles. The molecular formula is C19H18N6O2. The highest BCUT2D eigenvalue weighted by Crippen LogP contribution is 2.27. The number of fused-ring (bicyclic) bond motifs is 3. The van der Waals surface area contributed by atoms with Crippen LogP contribution in [0.3, 0.4) is 0 Å². The number of H-pyrrole nitrogens is 1. The Kier molecular flexibility index (Phi) is 4.29. The first-order valence-corrected chi connectivity index (χ1v) is 8.32. The molecule has 8 heteroatoms. The SMILES string of the molecule is COc1ccc(/C=N/Nc2nnc3c(n2)[nH]c2ccc(C)cc23)cc1OC. The van der Waals surface area contributed by atoms with E-state index in [-0.39, 0.29) is 0 Å². The summed E-state index contributed by atoms with van der Waals surface area (Å²) in [7, 11) is 3.19. The number of aromatic amines is 1. The van der Waals surface area contributed by atoms with E-state index in [1.54, 1.807) is 20.4 Å². The third kappa shape index (κ3) is 3.24. The lowest BCUT2D eigenvalue weighted by Gasteiger charge is -2.07. The summed E-state index contributed by atoms with van der Waals surface area (Å²) in [6.45, 7) is 2.04. The molecule has 0 fully saturated rings. The zero-order chi connectivity index (χ0) is 18.8. The van der Waals surface area contributed by atoms with Gasteiger partial charge in [0.15, 0.2) is 17.1 Å². The summed E-state index contributed by atoms with van der Waals surface area (Å²) < 4.78 is 10.5. The Balaban J connectivity index is 1.57. The Morgan fingerprint density at radius 3 is 2.70 bits per heavy atom. The van der Waals surface area contributed by atoms with Gasteiger partial charge < -0.3 is 14.5 Å². The van der Waals surface area contributed by atoms with Gasteiger partial charge in [-0.2, -0.15) is 10.1 Å². The third-order valence-electron chi connectivity index (χ3n) is 4.16. The first kappa shape index (κ1) is 16.8. The van der Waals surface area contributed by atoms with Gasteiger partial charge in [0.05, 0.1) is 20.4 Å². The number of anilines is 1. The van der Waals surface area contributed by atoms with E-state index in [1.807, 2.05) is 37.3 Å². The Morgan fingerprint density at radius 2 is 1.89 bits per heavy atom. The van der Waals surface area contributed by atoms with Gasteiger partial charge >= 0.3 is 0 Å². The second-order valence-corrected chi connectivity index (χ2v) is 5.99. The molecule has 2 N–H and O–H groups in total. The summed E-state index contributed by atoms with van der Waals surface area (Å²) in [5.74, 6) is 1.60. The van der Waals surface area contributed by atoms with Crippen LogP contribution < -0.4 is 14.9 Å². The average molecular weight is 362 g/mol. The van der Waals surface area contributed by atoms with Gasteiger partial charge in [0.1, 0.15) is 5.52 Å². The Morgan fingerprint density at radius 1 is 1.04 bits per heavy atom. The molecule has 2 aromatic heterocycles. The Labute approximate surface area is 155 Å². The number of methoxy groups -OCH3 is 2. The molecule has 0 aliphatic heterocycles. The van der Waals surface area contributed by atoms with Crippen LogP contribution in [0.1, 0.15) is 11.1 Å². The van der Waals surface area contributed by atoms with Crippen molar-refractivity contribution >= 4 is 34.2 Å². The van der Waals surface area contributed by atoms with Crippen molar-refractivity contribution < 1.29 is 9.47 Å². The predicted molar refractivity (Wildman–Crippen MR) is 105 cm³/mol. The monoisotopic (exact) mass is 362 g/mol. The van der Waals surface area contributed by atoms with Gasteiger partial charge in [0.25, 0.3) is 5.95 Å². The van der Waals surface area contributed by atoms with E-state index in [9.17, 15) is 0 Å². The maximum atomic E-state index is 5.28. The molecule has 136 valence electrons. The number of nitrogens with one attached hydrogen (secondary N) is 2. The topological polar surface area (TPSA) is 97.3 Å². The maximum Gasteiger partial charge on any atom is 0.265 e. The van der Waals surface area contributed by atoms with Gasteiger partial charge in [0.2, 0.25) is 0 Å². The molecule has 4 rings (SSSR count). The van der Waals surface area contributed by atoms with E-state index in [4.69, 9.17) is 9.47 Å². The fraction of sp³-hybridized carbons (Fsp3) is 0.158. The first-order valence-electron chi connectivity index (χ1n) is 8.32. The molecule has 2 heterocycles. The van der Waals surface area contributed by atoms with Crippen molar-refractivity contribution in [2.75, 3.05) is 19.6 Å². The van der Waals surface area contributed by atoms with Crippen molar-refractivity contribution in [2.45, 2.75) is 6.92 Å². The average Bonchev–Trinajstić information content (AvgIpc) is 3.04. The van der Waals surface area contributed by atoms with Crippen LogP contribution in [0.4, 0.5) is 5.95 Å². The summed E-state index contributed by atoms with van der Waals surface area (Å²) in [6.07, 6.45) is 1.64. The minimum Gasteiger partial charge on any atom is -0.493 e. The van der Waals surface area contributed by atoms with Crippen LogP contribution in [0.5, 0.6) is 11.5 Å². The van der Waals surface area contributed by atoms with Crippen molar-refractivity contribution in [3.8, 4) is 11.5 Å². The standard InChI is InChI=1S/C19H18N6O2/c1-11-4-6-14-13(8-11)17-18(21-14)22-19(25-23-17)24-20-10-12-5-7-15(26-2)16(9-12)27-3/h4-10H,1-3H3,(H2,21,22,24,25)/b20-10+. The van der Waals surface area contributed by atoms with Gasteiger partial charge in [-0.25, -0.2) is 5.43 Å². The lowest BCUT2D eigenvalue weighted by atomic mass is 10.2. The van der Waals surface area contributed by atoms with Crippen LogP contribution in [0.15, 0.2) is 41.5 Å². The van der Waals surface area contributed by atoms with Crippen molar-refractivity contribution in [3.05, 3.63) is 47.5 Å². The smallest absolute Gasteiger partial charge is 0.265 e. The number of nitrogens with zero attached hydrogens (tertiary/aromatic N) is 4. The van der Waals surface area contributed by atoms with E-state index in [0.29, 0.717) is 23.1 Å². The van der Waals surface area contributed by atoms with E-state index in [1.165, 1.54) is 0 Å². The van der Waals surface area contributed by atoms with Crippen LogP contribution in [-0.2, 0) is 0 Å². The number of hydrogen-bond acceptors (Lipinski definition) is 7. The lowest BCUT2D eigenvalue weighted by molar-refractivity contribution is 0.355. The van der Waals surface area contributed by atoms with Gasteiger partial charge in [-0.15, -0.1) is 10.2 Å². The number of aryl methyl sites for hydroxylation is 1. The van der Waals surface area contributed by atoms with Crippen LogP contribution in [0, 0.1) is 6.92 Å². The maximum absolute atomic E-state index is 5.28. The number of ether oxygens (including phenoxy) is 2. The van der Waals surface area contributed by atoms with Gasteiger partial charge in [-0.05, 0) is 42.8 Å². The molecule has 0 aliphatic carbocycles. The molecule has 0 saturated carbocycles. The van der Waals surface area contributed by atoms with Crippen LogP contribution in [0.2, 0.25) is 0 Å². The molecule has 8 nitrogen and oxygen atoms in total. The highest BCUT2D eigenvalue weighted by Gasteiger charge is 2.09. The highest BCUT2D eigenvalue weighted by molar-refractivity contribution is 6.03. The molecule has 4 aromatic rings. The van der Waals surface area contributed by atoms with Gasteiger partial charge in [-0.1, -0.05) is 11.6 Å². The molecule has 0 atom stereocenters. The molecule has 27 heavy (non-hydrogen) atoms. The molecule has 0 aliphatic rings. The molecular weight excluding hydrogens is 344 g/mol. The second-order valence-electron chi connectivity index (χ2n) is 5.99. The number of rotatable bonds is 5. The second kappa shape index (κ2) is 6.91. The van der Waals surface area contributed by atoms with Gasteiger partial charge in [0, 0.05) is 10.9 Å². The zero-order valence-electron chi connectivity index (χ0n) is 15.1. The first-order chi connectivity index (χ1) is 13.2. The van der Waals surface area contributed by atoms with Crippen molar-refractivity contribution in [3.63, 3.8) is 0 Å². The summed E-state index contributed by atoms with van der Waals surface area (Å²) in [5, 5.41) is 13.5. The fourth-order valence-corrected chi connectivity index (χ4v) is 2.83.